The maximum absolute atomic E-state index is 12.2. The molecule has 32 heavy (non-hydrogen) atoms. The Morgan fingerprint density at radius 2 is 1.88 bits per heavy atom. The van der Waals surface area contributed by atoms with Gasteiger partial charge in [-0.15, -0.1) is 21.5 Å². The van der Waals surface area contributed by atoms with E-state index in [0.29, 0.717) is 18.1 Å². The van der Waals surface area contributed by atoms with E-state index in [9.17, 15) is 22.8 Å². The van der Waals surface area contributed by atoms with Crippen LogP contribution in [0.15, 0.2) is 53.0 Å². The van der Waals surface area contributed by atoms with Crippen LogP contribution in [0.5, 0.6) is 0 Å². The van der Waals surface area contributed by atoms with E-state index in [0.717, 1.165) is 34.4 Å². The molecule has 3 amide bonds. The minimum absolute atomic E-state index is 0.193. The number of benzene rings is 1. The number of amides is 3. The van der Waals surface area contributed by atoms with Crippen molar-refractivity contribution in [2.24, 2.45) is 0 Å². The van der Waals surface area contributed by atoms with E-state index >= 15 is 0 Å². The number of hydrogen-bond donors (Lipinski definition) is 2. The van der Waals surface area contributed by atoms with Crippen LogP contribution in [0.25, 0.3) is 0 Å². The highest BCUT2D eigenvalue weighted by Gasteiger charge is 2.28. The molecule has 0 fully saturated rings. The second-order valence-electron chi connectivity index (χ2n) is 6.68. The summed E-state index contributed by atoms with van der Waals surface area (Å²) >= 11 is 2.67. The number of imide groups is 1. The molecule has 0 saturated carbocycles. The van der Waals surface area contributed by atoms with Crippen molar-refractivity contribution in [2.75, 3.05) is 12.3 Å². The van der Waals surface area contributed by atoms with Crippen molar-refractivity contribution in [2.45, 2.75) is 30.7 Å². The fourth-order valence-corrected chi connectivity index (χ4v) is 4.24. The SMILES string of the molecule is O=C(CSc1nnc(Cc2cccs2)n1CCc1ccccc1)NC(=O)NCC(F)(F)F. The first-order chi connectivity index (χ1) is 15.3. The highest BCUT2D eigenvalue weighted by molar-refractivity contribution is 7.99. The van der Waals surface area contributed by atoms with Gasteiger partial charge in [0.05, 0.1) is 5.75 Å². The van der Waals surface area contributed by atoms with E-state index in [-0.39, 0.29) is 5.75 Å². The molecule has 0 unspecified atom stereocenters. The molecule has 0 spiro atoms. The van der Waals surface area contributed by atoms with Gasteiger partial charge in [-0.05, 0) is 23.4 Å². The van der Waals surface area contributed by atoms with Gasteiger partial charge in [0.15, 0.2) is 5.16 Å². The number of nitrogens with zero attached hydrogens (tertiary/aromatic N) is 3. The lowest BCUT2D eigenvalue weighted by atomic mass is 10.1. The van der Waals surface area contributed by atoms with Gasteiger partial charge in [-0.2, -0.15) is 13.2 Å². The van der Waals surface area contributed by atoms with Gasteiger partial charge < -0.3 is 9.88 Å². The van der Waals surface area contributed by atoms with Gasteiger partial charge in [-0.3, -0.25) is 10.1 Å². The molecule has 0 bridgehead atoms. The van der Waals surface area contributed by atoms with Crippen LogP contribution in [0.3, 0.4) is 0 Å². The van der Waals surface area contributed by atoms with Crippen molar-refractivity contribution in [1.29, 1.82) is 0 Å². The summed E-state index contributed by atoms with van der Waals surface area (Å²) in [4.78, 5) is 24.5. The van der Waals surface area contributed by atoms with Gasteiger partial charge in [-0.1, -0.05) is 48.2 Å². The summed E-state index contributed by atoms with van der Waals surface area (Å²) in [6.45, 7) is -0.924. The second kappa shape index (κ2) is 11.1. The Labute approximate surface area is 190 Å². The molecule has 12 heteroatoms. The van der Waals surface area contributed by atoms with Crippen molar-refractivity contribution in [3.8, 4) is 0 Å². The zero-order valence-corrected chi connectivity index (χ0v) is 18.4. The zero-order valence-electron chi connectivity index (χ0n) is 16.8. The van der Waals surface area contributed by atoms with Crippen LogP contribution < -0.4 is 10.6 Å². The van der Waals surface area contributed by atoms with Crippen LogP contribution in [-0.2, 0) is 24.2 Å². The van der Waals surface area contributed by atoms with Crippen molar-refractivity contribution in [3.05, 3.63) is 64.1 Å². The molecule has 2 aromatic heterocycles. The predicted molar refractivity (Wildman–Crippen MR) is 116 cm³/mol. The summed E-state index contributed by atoms with van der Waals surface area (Å²) in [5.74, 6) is -0.177. The summed E-state index contributed by atoms with van der Waals surface area (Å²) in [5.41, 5.74) is 1.14. The first kappa shape index (κ1) is 23.8. The number of rotatable bonds is 9. The third-order valence-electron chi connectivity index (χ3n) is 4.21. The average Bonchev–Trinajstić information content (AvgIpc) is 3.40. The van der Waals surface area contributed by atoms with Crippen LogP contribution in [0.1, 0.15) is 16.3 Å². The van der Waals surface area contributed by atoms with E-state index in [4.69, 9.17) is 0 Å². The Balaban J connectivity index is 1.62. The summed E-state index contributed by atoms with van der Waals surface area (Å²) in [7, 11) is 0. The van der Waals surface area contributed by atoms with Gasteiger partial charge in [0, 0.05) is 17.8 Å². The molecule has 1 aromatic carbocycles. The third kappa shape index (κ3) is 7.68. The van der Waals surface area contributed by atoms with E-state index < -0.39 is 24.7 Å². The van der Waals surface area contributed by atoms with Crippen LogP contribution in [0, 0.1) is 0 Å². The highest BCUT2D eigenvalue weighted by Crippen LogP contribution is 2.21. The lowest BCUT2D eigenvalue weighted by Crippen LogP contribution is -2.43. The fraction of sp³-hybridized carbons (Fsp3) is 0.300. The molecule has 0 aliphatic carbocycles. The lowest BCUT2D eigenvalue weighted by Gasteiger charge is -2.11. The molecule has 0 radical (unpaired) electrons. The van der Waals surface area contributed by atoms with Crippen LogP contribution in [0.2, 0.25) is 0 Å². The van der Waals surface area contributed by atoms with Gasteiger partial charge in [0.2, 0.25) is 5.91 Å². The Morgan fingerprint density at radius 3 is 2.56 bits per heavy atom. The number of carbonyl (C=O) groups excluding carboxylic acids is 2. The number of nitrogens with one attached hydrogen (secondary N) is 2. The molecular formula is C20H20F3N5O2S2. The number of carbonyl (C=O) groups is 2. The maximum Gasteiger partial charge on any atom is 0.405 e. The molecule has 0 atom stereocenters. The van der Waals surface area contributed by atoms with E-state index in [1.165, 1.54) is 0 Å². The predicted octanol–water partition coefficient (Wildman–Crippen LogP) is 3.65. The van der Waals surface area contributed by atoms with Crippen molar-refractivity contribution < 1.29 is 22.8 Å². The summed E-state index contributed by atoms with van der Waals surface area (Å²) < 4.78 is 38.4. The van der Waals surface area contributed by atoms with E-state index in [1.807, 2.05) is 57.7 Å². The summed E-state index contributed by atoms with van der Waals surface area (Å²) in [6, 6.07) is 12.6. The van der Waals surface area contributed by atoms with Gasteiger partial charge in [-0.25, -0.2) is 4.79 Å². The fourth-order valence-electron chi connectivity index (χ4n) is 2.75. The second-order valence-corrected chi connectivity index (χ2v) is 8.65. The zero-order chi connectivity index (χ0) is 23.0. The normalized spacial score (nSPS) is 11.3. The molecule has 3 rings (SSSR count). The average molecular weight is 484 g/mol. The molecule has 0 aliphatic heterocycles. The lowest BCUT2D eigenvalue weighted by molar-refractivity contribution is -0.124. The van der Waals surface area contributed by atoms with Crippen LogP contribution in [-0.4, -0.2) is 45.2 Å². The van der Waals surface area contributed by atoms with Crippen molar-refractivity contribution in [1.82, 2.24) is 25.4 Å². The number of aryl methyl sites for hydroxylation is 1. The molecule has 170 valence electrons. The largest absolute Gasteiger partial charge is 0.405 e. The topological polar surface area (TPSA) is 88.9 Å². The highest BCUT2D eigenvalue weighted by atomic mass is 32.2. The number of thiophene rings is 1. The first-order valence-corrected chi connectivity index (χ1v) is 11.4. The number of urea groups is 1. The standard InChI is InChI=1S/C20H20F3N5O2S2/c21-20(22,23)13-24-18(30)25-17(29)12-32-19-27-26-16(11-15-7-4-10-31-15)28(19)9-8-14-5-2-1-3-6-14/h1-7,10H,8-9,11-13H2,(H2,24,25,29,30). The van der Waals surface area contributed by atoms with Gasteiger partial charge in [0.1, 0.15) is 12.4 Å². The molecule has 0 aliphatic rings. The minimum Gasteiger partial charge on any atom is -0.329 e. The van der Waals surface area contributed by atoms with Crippen molar-refractivity contribution in [3.63, 3.8) is 0 Å². The summed E-state index contributed by atoms with van der Waals surface area (Å²) in [6.07, 6.45) is -3.23. The molecular weight excluding hydrogens is 463 g/mol. The van der Waals surface area contributed by atoms with Gasteiger partial charge in [0.25, 0.3) is 0 Å². The third-order valence-corrected chi connectivity index (χ3v) is 6.05. The smallest absolute Gasteiger partial charge is 0.329 e. The molecule has 2 N–H and O–H groups in total. The van der Waals surface area contributed by atoms with E-state index in [2.05, 4.69) is 10.2 Å². The van der Waals surface area contributed by atoms with Crippen LogP contribution in [0.4, 0.5) is 18.0 Å². The van der Waals surface area contributed by atoms with Crippen LogP contribution >= 0.6 is 23.1 Å². The monoisotopic (exact) mass is 483 g/mol. The van der Waals surface area contributed by atoms with Crippen molar-refractivity contribution >= 4 is 35.0 Å². The molecule has 0 saturated heterocycles. The Morgan fingerprint density at radius 1 is 1.09 bits per heavy atom. The first-order valence-electron chi connectivity index (χ1n) is 9.56. The Bertz CT molecular complexity index is 1020. The number of halogens is 3. The minimum atomic E-state index is -4.55. The number of hydrogen-bond acceptors (Lipinski definition) is 6. The van der Waals surface area contributed by atoms with E-state index in [1.54, 1.807) is 16.7 Å². The Hall–Kier alpha value is -2.86. The molecule has 7 nitrogen and oxygen atoms in total. The summed E-state index contributed by atoms with van der Waals surface area (Å²) in [5, 5.41) is 14.4. The number of thioether (sulfide) groups is 1. The van der Waals surface area contributed by atoms with Gasteiger partial charge >= 0.3 is 12.2 Å². The number of alkyl halides is 3. The maximum atomic E-state index is 12.2. The quantitative estimate of drug-likeness (QED) is 0.454. The Kier molecular flexibility index (Phi) is 8.28. The number of aromatic nitrogens is 3. The molecule has 2 heterocycles. The molecule has 3 aromatic rings.